The fourth-order valence-electron chi connectivity index (χ4n) is 4.08. The smallest absolute Gasteiger partial charge is 0.306 e. The molecule has 0 aliphatic heterocycles. The highest BCUT2D eigenvalue weighted by Crippen LogP contribution is 2.27. The minimum Gasteiger partial charge on any atom is -0.481 e. The number of aliphatic carboxylic acids is 1. The lowest BCUT2D eigenvalue weighted by Crippen LogP contribution is -2.63. The first-order chi connectivity index (χ1) is 13.8. The summed E-state index contributed by atoms with van der Waals surface area (Å²) < 4.78 is 5.54. The quantitative estimate of drug-likeness (QED) is 0.462. The van der Waals surface area contributed by atoms with Gasteiger partial charge in [0, 0.05) is 7.11 Å². The first-order valence-corrected chi connectivity index (χ1v) is 10.8. The van der Waals surface area contributed by atoms with E-state index in [2.05, 4.69) is 5.32 Å². The second-order valence-corrected chi connectivity index (χ2v) is 8.96. The van der Waals surface area contributed by atoms with Gasteiger partial charge in [0.05, 0.1) is 30.7 Å². The van der Waals surface area contributed by atoms with Crippen LogP contribution in [0.4, 0.5) is 0 Å². The molecule has 2 N–H and O–H groups in total. The molecule has 0 saturated heterocycles. The highest BCUT2D eigenvalue weighted by atomic mass is 16.5. The molecule has 0 rings (SSSR count). The number of likely N-dealkylation sites (N-methyl/N-ethyl adjacent to an activating group) is 2. The van der Waals surface area contributed by atoms with E-state index < -0.39 is 30.2 Å². The molecule has 0 radical (unpaired) electrons. The Hall–Kier alpha value is -1.51. The van der Waals surface area contributed by atoms with Crippen LogP contribution in [0.1, 0.15) is 54.4 Å². The van der Waals surface area contributed by atoms with Crippen molar-refractivity contribution in [3.05, 3.63) is 0 Å². The average Bonchev–Trinajstić information content (AvgIpc) is 2.62. The van der Waals surface area contributed by atoms with E-state index in [1.165, 1.54) is 12.0 Å². The van der Waals surface area contributed by atoms with Gasteiger partial charge in [-0.15, -0.1) is 0 Å². The summed E-state index contributed by atoms with van der Waals surface area (Å²) in [4.78, 5) is 42.1. The molecule has 5 atom stereocenters. The first-order valence-electron chi connectivity index (χ1n) is 10.8. The molecular formula is C22H43N3O5. The summed E-state index contributed by atoms with van der Waals surface area (Å²) in [6.45, 7) is 11.6. The number of nitrogens with one attached hydrogen (secondary N) is 1. The van der Waals surface area contributed by atoms with Gasteiger partial charge in [-0.3, -0.25) is 24.2 Å². The Labute approximate surface area is 182 Å². The molecule has 0 aromatic carbocycles. The molecule has 8 nitrogen and oxygen atoms in total. The van der Waals surface area contributed by atoms with Crippen LogP contribution in [0, 0.1) is 17.8 Å². The SMILES string of the molecule is CCC(C)C([C@@H](CC(=O)O)OC)N(C(=O)[C@@H](NC)C(C)C)C(=O)[C@H](C(C)C)N(C)C. The first kappa shape index (κ1) is 28.5. The maximum atomic E-state index is 13.8. The summed E-state index contributed by atoms with van der Waals surface area (Å²) >= 11 is 0. The van der Waals surface area contributed by atoms with E-state index in [4.69, 9.17) is 4.74 Å². The standard InChI is InChI=1S/C22H43N3O5/c1-11-15(6)20(16(30-10)12-17(26)27)25(21(28)18(23-7)13(2)3)22(29)19(14(4)5)24(8)9/h13-16,18-20,23H,11-12H2,1-10H3,(H,26,27)/t15?,16-,18+,19+,20?/m1/s1. The van der Waals surface area contributed by atoms with E-state index in [1.807, 2.05) is 60.5 Å². The fourth-order valence-corrected chi connectivity index (χ4v) is 4.08. The van der Waals surface area contributed by atoms with E-state index in [-0.39, 0.29) is 36.0 Å². The third-order valence-electron chi connectivity index (χ3n) is 5.74. The number of carbonyl (C=O) groups excluding carboxylic acids is 2. The summed E-state index contributed by atoms with van der Waals surface area (Å²) in [6.07, 6.45) is -0.422. The van der Waals surface area contributed by atoms with E-state index >= 15 is 0 Å². The van der Waals surface area contributed by atoms with Crippen molar-refractivity contribution in [3.63, 3.8) is 0 Å². The van der Waals surface area contributed by atoms with Crippen molar-refractivity contribution >= 4 is 17.8 Å². The molecule has 2 unspecified atom stereocenters. The van der Waals surface area contributed by atoms with Gasteiger partial charge >= 0.3 is 5.97 Å². The van der Waals surface area contributed by atoms with Crippen molar-refractivity contribution in [1.29, 1.82) is 0 Å². The van der Waals surface area contributed by atoms with Crippen LogP contribution in [0.5, 0.6) is 0 Å². The van der Waals surface area contributed by atoms with Gasteiger partial charge in [0.2, 0.25) is 11.8 Å². The van der Waals surface area contributed by atoms with Gasteiger partial charge < -0.3 is 15.2 Å². The van der Waals surface area contributed by atoms with Crippen LogP contribution in [0.2, 0.25) is 0 Å². The van der Waals surface area contributed by atoms with Crippen molar-refractivity contribution in [1.82, 2.24) is 15.1 Å². The fraction of sp³-hybridized carbons (Fsp3) is 0.864. The molecular weight excluding hydrogens is 386 g/mol. The van der Waals surface area contributed by atoms with Crippen molar-refractivity contribution in [2.45, 2.75) is 78.6 Å². The van der Waals surface area contributed by atoms with Crippen molar-refractivity contribution in [2.75, 3.05) is 28.3 Å². The van der Waals surface area contributed by atoms with Crippen molar-refractivity contribution in [2.24, 2.45) is 17.8 Å². The van der Waals surface area contributed by atoms with E-state index in [1.54, 1.807) is 7.05 Å². The number of imide groups is 1. The van der Waals surface area contributed by atoms with Gasteiger partial charge in [-0.25, -0.2) is 0 Å². The number of ether oxygens (including phenoxy) is 1. The number of hydrogen-bond acceptors (Lipinski definition) is 6. The number of rotatable bonds is 13. The molecule has 8 heteroatoms. The van der Waals surface area contributed by atoms with Gasteiger partial charge in [0.15, 0.2) is 0 Å². The van der Waals surface area contributed by atoms with Crippen molar-refractivity contribution in [3.8, 4) is 0 Å². The molecule has 0 aliphatic carbocycles. The number of hydrogen-bond donors (Lipinski definition) is 2. The monoisotopic (exact) mass is 429 g/mol. The molecule has 30 heavy (non-hydrogen) atoms. The summed E-state index contributed by atoms with van der Waals surface area (Å²) in [7, 11) is 6.75. The zero-order valence-corrected chi connectivity index (χ0v) is 20.4. The predicted octanol–water partition coefficient (Wildman–Crippen LogP) is 2.08. The molecule has 0 aromatic heterocycles. The zero-order valence-electron chi connectivity index (χ0n) is 20.4. The third-order valence-corrected chi connectivity index (χ3v) is 5.74. The summed E-state index contributed by atoms with van der Waals surface area (Å²) in [6, 6.07) is -1.78. The van der Waals surface area contributed by atoms with E-state index in [0.717, 1.165) is 0 Å². The second kappa shape index (κ2) is 13.0. The van der Waals surface area contributed by atoms with Crippen molar-refractivity contribution < 1.29 is 24.2 Å². The average molecular weight is 430 g/mol. The minimum atomic E-state index is -1.03. The number of amides is 2. The summed E-state index contributed by atoms with van der Waals surface area (Å²) in [5.41, 5.74) is 0. The highest BCUT2D eigenvalue weighted by molar-refractivity contribution is 6.00. The Morgan fingerprint density at radius 2 is 1.53 bits per heavy atom. The number of methoxy groups -OCH3 is 1. The molecule has 0 aromatic rings. The molecule has 0 saturated carbocycles. The Balaban J connectivity index is 6.66. The number of carboxylic acid groups (broad SMARTS) is 1. The lowest BCUT2D eigenvalue weighted by Gasteiger charge is -2.43. The molecule has 2 amide bonds. The largest absolute Gasteiger partial charge is 0.481 e. The molecule has 0 aliphatic rings. The molecule has 0 fully saturated rings. The molecule has 0 heterocycles. The summed E-state index contributed by atoms with van der Waals surface area (Å²) in [5, 5.41) is 12.4. The van der Waals surface area contributed by atoms with Crippen LogP contribution in [0.15, 0.2) is 0 Å². The maximum absolute atomic E-state index is 13.8. The number of nitrogens with zero attached hydrogens (tertiary/aromatic N) is 2. The predicted molar refractivity (Wildman–Crippen MR) is 118 cm³/mol. The van der Waals surface area contributed by atoms with E-state index in [9.17, 15) is 19.5 Å². The normalized spacial score (nSPS) is 17.0. The number of carboxylic acids is 1. The topological polar surface area (TPSA) is 99.2 Å². The van der Waals surface area contributed by atoms with Crippen LogP contribution < -0.4 is 5.32 Å². The zero-order chi connectivity index (χ0) is 23.8. The maximum Gasteiger partial charge on any atom is 0.306 e. The highest BCUT2D eigenvalue weighted by Gasteiger charge is 2.44. The Bertz CT molecular complexity index is 557. The summed E-state index contributed by atoms with van der Waals surface area (Å²) in [5.74, 6) is -1.92. The Kier molecular flexibility index (Phi) is 12.4. The van der Waals surface area contributed by atoms with Crippen LogP contribution in [-0.2, 0) is 19.1 Å². The minimum absolute atomic E-state index is 0.0343. The number of carbonyl (C=O) groups is 3. The lowest BCUT2D eigenvalue weighted by atomic mass is 9.88. The van der Waals surface area contributed by atoms with Crippen LogP contribution in [0.25, 0.3) is 0 Å². The van der Waals surface area contributed by atoms with Crippen LogP contribution in [0.3, 0.4) is 0 Å². The Morgan fingerprint density at radius 1 is 1.00 bits per heavy atom. The van der Waals surface area contributed by atoms with Crippen LogP contribution >= 0.6 is 0 Å². The third kappa shape index (κ3) is 7.32. The van der Waals surface area contributed by atoms with Gasteiger partial charge in [0.1, 0.15) is 0 Å². The van der Waals surface area contributed by atoms with E-state index in [0.29, 0.717) is 6.42 Å². The van der Waals surface area contributed by atoms with Gasteiger partial charge in [-0.1, -0.05) is 48.0 Å². The lowest BCUT2D eigenvalue weighted by molar-refractivity contribution is -0.162. The van der Waals surface area contributed by atoms with Gasteiger partial charge in [-0.05, 0) is 38.9 Å². The molecule has 176 valence electrons. The van der Waals surface area contributed by atoms with Crippen LogP contribution in [-0.4, -0.2) is 85.2 Å². The van der Waals surface area contributed by atoms with Gasteiger partial charge in [0.25, 0.3) is 0 Å². The van der Waals surface area contributed by atoms with Gasteiger partial charge in [-0.2, -0.15) is 0 Å². The molecule has 0 spiro atoms. The second-order valence-electron chi connectivity index (χ2n) is 8.96. The Morgan fingerprint density at radius 3 is 1.83 bits per heavy atom. The molecule has 0 bridgehead atoms.